The molecule has 3 aromatic carbocycles. The van der Waals surface area contributed by atoms with Crippen LogP contribution in [0.25, 0.3) is 21.5 Å². The second-order valence-corrected chi connectivity index (χ2v) is 10.2. The third-order valence-electron chi connectivity index (χ3n) is 7.20. The number of nitrogens with zero attached hydrogens (tertiary/aromatic N) is 1. The first-order chi connectivity index (χ1) is 17.8. The second kappa shape index (κ2) is 16.9. The largest absolute Gasteiger partial charge is 0.273 e. The van der Waals surface area contributed by atoms with Crippen LogP contribution in [0.15, 0.2) is 59.7 Å². The molecule has 0 aliphatic carbocycles. The highest BCUT2D eigenvalue weighted by Crippen LogP contribution is 2.27. The number of rotatable bonds is 18. The van der Waals surface area contributed by atoms with E-state index in [1.54, 1.807) is 6.21 Å². The Morgan fingerprint density at radius 2 is 1.11 bits per heavy atom. The normalized spacial score (nSPS) is 11.6. The van der Waals surface area contributed by atoms with Crippen molar-refractivity contribution in [2.45, 2.75) is 110 Å². The van der Waals surface area contributed by atoms with Crippen molar-refractivity contribution in [3.8, 4) is 0 Å². The van der Waals surface area contributed by atoms with Crippen LogP contribution in [0, 0.1) is 0 Å². The summed E-state index contributed by atoms with van der Waals surface area (Å²) >= 11 is 0. The minimum absolute atomic E-state index is 0.00508. The molecule has 0 atom stereocenters. The first-order valence-corrected chi connectivity index (χ1v) is 14.5. The van der Waals surface area contributed by atoms with E-state index < -0.39 is 0 Å². The summed E-state index contributed by atoms with van der Waals surface area (Å²) in [4.78, 5) is 12.3. The summed E-state index contributed by atoms with van der Waals surface area (Å²) in [6.07, 6.45) is 22.3. The summed E-state index contributed by atoms with van der Waals surface area (Å²) in [6, 6.07) is 18.9. The Labute approximate surface area is 218 Å². The van der Waals surface area contributed by atoms with E-state index in [0.717, 1.165) is 29.2 Å². The summed E-state index contributed by atoms with van der Waals surface area (Å²) < 4.78 is 0. The molecule has 194 valence electrons. The molecule has 3 rings (SSSR count). The van der Waals surface area contributed by atoms with E-state index in [2.05, 4.69) is 59.9 Å². The Bertz CT molecular complexity index is 1020. The van der Waals surface area contributed by atoms with Crippen LogP contribution in [0.2, 0.25) is 0 Å². The molecule has 0 aliphatic heterocycles. The van der Waals surface area contributed by atoms with Crippen LogP contribution in [-0.2, 0) is 4.79 Å². The standard InChI is InChI=1S/C33H46N2O/c1-2-3-4-5-6-7-8-9-10-11-12-13-14-15-16-25-33(36)35-34-27-32-30-23-19-17-21-28(30)26-29-22-18-20-24-31(29)32/h17-24,26-27H,2-16,25H2,1H3,(H,35,36)/b34-27-. The Hall–Kier alpha value is -2.68. The number of carbonyl (C=O) groups is 1. The molecule has 0 heterocycles. The topological polar surface area (TPSA) is 41.5 Å². The minimum atomic E-state index is 0.00508. The predicted octanol–water partition coefficient (Wildman–Crippen LogP) is 9.70. The smallest absolute Gasteiger partial charge is 0.240 e. The molecule has 0 spiro atoms. The van der Waals surface area contributed by atoms with E-state index in [1.165, 1.54) is 94.2 Å². The van der Waals surface area contributed by atoms with Gasteiger partial charge in [0.25, 0.3) is 0 Å². The summed E-state index contributed by atoms with van der Waals surface area (Å²) in [7, 11) is 0. The Morgan fingerprint density at radius 3 is 1.61 bits per heavy atom. The molecule has 3 aromatic rings. The van der Waals surface area contributed by atoms with Gasteiger partial charge in [0.15, 0.2) is 0 Å². The maximum atomic E-state index is 12.3. The van der Waals surface area contributed by atoms with E-state index in [-0.39, 0.29) is 5.91 Å². The number of carbonyl (C=O) groups excluding carboxylic acids is 1. The van der Waals surface area contributed by atoms with Gasteiger partial charge >= 0.3 is 0 Å². The van der Waals surface area contributed by atoms with Gasteiger partial charge in [0, 0.05) is 12.0 Å². The van der Waals surface area contributed by atoms with E-state index in [1.807, 2.05) is 12.1 Å². The quantitative estimate of drug-likeness (QED) is 0.0826. The zero-order chi connectivity index (χ0) is 25.3. The van der Waals surface area contributed by atoms with Gasteiger partial charge in [-0.3, -0.25) is 4.79 Å². The van der Waals surface area contributed by atoms with Gasteiger partial charge in [-0.2, -0.15) is 5.10 Å². The van der Waals surface area contributed by atoms with Gasteiger partial charge in [0.05, 0.1) is 6.21 Å². The molecule has 3 nitrogen and oxygen atoms in total. The number of hydrogen-bond donors (Lipinski definition) is 1. The Kier molecular flexibility index (Phi) is 13.1. The van der Waals surface area contributed by atoms with Crippen LogP contribution in [0.1, 0.15) is 115 Å². The number of hydrogen-bond acceptors (Lipinski definition) is 2. The van der Waals surface area contributed by atoms with Crippen molar-refractivity contribution in [3.05, 3.63) is 60.2 Å². The van der Waals surface area contributed by atoms with Crippen LogP contribution in [0.5, 0.6) is 0 Å². The highest BCUT2D eigenvalue weighted by molar-refractivity contribution is 6.13. The van der Waals surface area contributed by atoms with Crippen LogP contribution < -0.4 is 5.43 Å². The fourth-order valence-corrected chi connectivity index (χ4v) is 5.07. The third-order valence-corrected chi connectivity index (χ3v) is 7.20. The van der Waals surface area contributed by atoms with Crippen molar-refractivity contribution in [1.29, 1.82) is 0 Å². The molecule has 0 unspecified atom stereocenters. The SMILES string of the molecule is CCCCCCCCCCCCCCCCCC(=O)N/N=C\c1c2ccccc2cc2ccccc12. The molecular weight excluding hydrogens is 440 g/mol. The van der Waals surface area contributed by atoms with Gasteiger partial charge in [-0.25, -0.2) is 5.43 Å². The lowest BCUT2D eigenvalue weighted by Gasteiger charge is -2.08. The highest BCUT2D eigenvalue weighted by atomic mass is 16.2. The lowest BCUT2D eigenvalue weighted by atomic mass is 9.97. The molecule has 0 radical (unpaired) electrons. The second-order valence-electron chi connectivity index (χ2n) is 10.2. The molecule has 0 aliphatic rings. The molecule has 0 saturated carbocycles. The third kappa shape index (κ3) is 9.76. The molecule has 3 heteroatoms. The van der Waals surface area contributed by atoms with E-state index >= 15 is 0 Å². The zero-order valence-electron chi connectivity index (χ0n) is 22.4. The number of amides is 1. The average Bonchev–Trinajstić information content (AvgIpc) is 2.90. The Morgan fingerprint density at radius 1 is 0.667 bits per heavy atom. The summed E-state index contributed by atoms with van der Waals surface area (Å²) in [5, 5.41) is 8.97. The number of benzene rings is 3. The first-order valence-electron chi connectivity index (χ1n) is 14.5. The molecule has 0 saturated heterocycles. The number of unbranched alkanes of at least 4 members (excludes halogenated alkanes) is 14. The van der Waals surface area contributed by atoms with Gasteiger partial charge in [-0.15, -0.1) is 0 Å². The summed E-state index contributed by atoms with van der Waals surface area (Å²) in [5.41, 5.74) is 3.79. The zero-order valence-corrected chi connectivity index (χ0v) is 22.4. The van der Waals surface area contributed by atoms with E-state index in [9.17, 15) is 4.79 Å². The van der Waals surface area contributed by atoms with Crippen molar-refractivity contribution in [1.82, 2.24) is 5.43 Å². The maximum Gasteiger partial charge on any atom is 0.240 e. The highest BCUT2D eigenvalue weighted by Gasteiger charge is 2.06. The predicted molar refractivity (Wildman–Crippen MR) is 157 cm³/mol. The Balaban J connectivity index is 1.25. The molecule has 36 heavy (non-hydrogen) atoms. The van der Waals surface area contributed by atoms with Crippen LogP contribution in [0.3, 0.4) is 0 Å². The monoisotopic (exact) mass is 486 g/mol. The summed E-state index contributed by atoms with van der Waals surface area (Å²) in [6.45, 7) is 2.28. The fourth-order valence-electron chi connectivity index (χ4n) is 5.07. The van der Waals surface area contributed by atoms with Crippen molar-refractivity contribution >= 4 is 33.7 Å². The van der Waals surface area contributed by atoms with Gasteiger partial charge in [0.2, 0.25) is 5.91 Å². The lowest BCUT2D eigenvalue weighted by molar-refractivity contribution is -0.121. The lowest BCUT2D eigenvalue weighted by Crippen LogP contribution is -2.16. The van der Waals surface area contributed by atoms with Crippen LogP contribution in [-0.4, -0.2) is 12.1 Å². The van der Waals surface area contributed by atoms with Gasteiger partial charge in [-0.1, -0.05) is 145 Å². The van der Waals surface area contributed by atoms with Gasteiger partial charge in [-0.05, 0) is 34.0 Å². The number of fused-ring (bicyclic) bond motifs is 2. The number of nitrogens with one attached hydrogen (secondary N) is 1. The number of hydrazone groups is 1. The van der Waals surface area contributed by atoms with Crippen molar-refractivity contribution < 1.29 is 4.79 Å². The van der Waals surface area contributed by atoms with Crippen LogP contribution >= 0.6 is 0 Å². The van der Waals surface area contributed by atoms with Crippen LogP contribution in [0.4, 0.5) is 0 Å². The average molecular weight is 487 g/mol. The summed E-state index contributed by atoms with van der Waals surface area (Å²) in [5.74, 6) is 0.00508. The van der Waals surface area contributed by atoms with E-state index in [4.69, 9.17) is 0 Å². The molecule has 1 N–H and O–H groups in total. The molecular formula is C33H46N2O. The van der Waals surface area contributed by atoms with Crippen molar-refractivity contribution in [3.63, 3.8) is 0 Å². The molecule has 0 bridgehead atoms. The fraction of sp³-hybridized carbons (Fsp3) is 0.515. The first kappa shape index (κ1) is 27.9. The van der Waals surface area contributed by atoms with E-state index in [0.29, 0.717) is 6.42 Å². The minimum Gasteiger partial charge on any atom is -0.273 e. The molecule has 0 aromatic heterocycles. The molecule has 1 amide bonds. The van der Waals surface area contributed by atoms with Gasteiger partial charge in [0.1, 0.15) is 0 Å². The van der Waals surface area contributed by atoms with Crippen molar-refractivity contribution in [2.75, 3.05) is 0 Å². The maximum absolute atomic E-state index is 12.3. The van der Waals surface area contributed by atoms with Gasteiger partial charge < -0.3 is 0 Å². The molecule has 0 fully saturated rings. The van der Waals surface area contributed by atoms with Crippen molar-refractivity contribution in [2.24, 2.45) is 5.10 Å².